The Kier molecular flexibility index (Phi) is 9.29. The average molecular weight is 467 g/mol. The number of unbranched alkanes of at least 4 members (excludes halogenated alkanes) is 5. The SMILES string of the molecule is CCCCCCCCOc1ccc(-c2ccc(-c3ccc(OCc4ccccc4)cc3)nn2)cc1. The molecule has 4 aromatic rings. The third-order valence-corrected chi connectivity index (χ3v) is 5.98. The minimum Gasteiger partial charge on any atom is -0.494 e. The molecule has 0 atom stereocenters. The number of hydrogen-bond acceptors (Lipinski definition) is 4. The Labute approximate surface area is 209 Å². The number of nitrogens with zero attached hydrogens (tertiary/aromatic N) is 2. The van der Waals surface area contributed by atoms with Crippen LogP contribution >= 0.6 is 0 Å². The quantitative estimate of drug-likeness (QED) is 0.187. The molecule has 4 rings (SSSR count). The van der Waals surface area contributed by atoms with Crippen molar-refractivity contribution in [3.05, 3.63) is 96.6 Å². The Morgan fingerprint density at radius 1 is 0.543 bits per heavy atom. The molecule has 1 aromatic heterocycles. The number of aromatic nitrogens is 2. The molecule has 0 unspecified atom stereocenters. The van der Waals surface area contributed by atoms with Gasteiger partial charge in [0.05, 0.1) is 18.0 Å². The Hall–Kier alpha value is -3.66. The molecule has 3 aromatic carbocycles. The van der Waals surface area contributed by atoms with Crippen LogP contribution in [-0.4, -0.2) is 16.8 Å². The van der Waals surface area contributed by atoms with Gasteiger partial charge in [-0.15, -0.1) is 10.2 Å². The zero-order chi connectivity index (χ0) is 24.1. The van der Waals surface area contributed by atoms with Gasteiger partial charge < -0.3 is 9.47 Å². The summed E-state index contributed by atoms with van der Waals surface area (Å²) in [6.45, 7) is 3.57. The number of benzene rings is 3. The maximum atomic E-state index is 5.89. The van der Waals surface area contributed by atoms with Crippen molar-refractivity contribution >= 4 is 0 Å². The molecule has 1 heterocycles. The average Bonchev–Trinajstić information content (AvgIpc) is 2.93. The van der Waals surface area contributed by atoms with E-state index in [1.807, 2.05) is 78.9 Å². The van der Waals surface area contributed by atoms with Crippen molar-refractivity contribution in [1.29, 1.82) is 0 Å². The van der Waals surface area contributed by atoms with E-state index in [4.69, 9.17) is 9.47 Å². The first-order chi connectivity index (χ1) is 17.3. The molecular weight excluding hydrogens is 432 g/mol. The van der Waals surface area contributed by atoms with Crippen molar-refractivity contribution in [3.63, 3.8) is 0 Å². The minimum atomic E-state index is 0.553. The lowest BCUT2D eigenvalue weighted by Crippen LogP contribution is -1.97. The van der Waals surface area contributed by atoms with Crippen LogP contribution in [0.3, 0.4) is 0 Å². The molecule has 4 heteroatoms. The van der Waals surface area contributed by atoms with E-state index >= 15 is 0 Å². The fourth-order valence-electron chi connectivity index (χ4n) is 3.90. The van der Waals surface area contributed by atoms with E-state index in [9.17, 15) is 0 Å². The van der Waals surface area contributed by atoms with Gasteiger partial charge in [-0.05, 0) is 72.6 Å². The van der Waals surface area contributed by atoms with Crippen LogP contribution < -0.4 is 9.47 Å². The van der Waals surface area contributed by atoms with E-state index < -0.39 is 0 Å². The summed E-state index contributed by atoms with van der Waals surface area (Å²) >= 11 is 0. The predicted octanol–water partition coefficient (Wildman–Crippen LogP) is 8.13. The molecule has 0 saturated heterocycles. The zero-order valence-electron chi connectivity index (χ0n) is 20.5. The summed E-state index contributed by atoms with van der Waals surface area (Å²) in [6.07, 6.45) is 7.61. The van der Waals surface area contributed by atoms with E-state index in [1.165, 1.54) is 32.1 Å². The number of ether oxygens (including phenoxy) is 2. The van der Waals surface area contributed by atoms with Crippen molar-refractivity contribution in [2.45, 2.75) is 52.1 Å². The summed E-state index contributed by atoms with van der Waals surface area (Å²) in [7, 11) is 0. The van der Waals surface area contributed by atoms with Gasteiger partial charge in [-0.1, -0.05) is 69.4 Å². The normalized spacial score (nSPS) is 10.8. The van der Waals surface area contributed by atoms with Crippen molar-refractivity contribution in [3.8, 4) is 34.0 Å². The van der Waals surface area contributed by atoms with Crippen LogP contribution in [0.25, 0.3) is 22.5 Å². The fraction of sp³-hybridized carbons (Fsp3) is 0.290. The summed E-state index contributed by atoms with van der Waals surface area (Å²) in [5, 5.41) is 8.88. The molecule has 4 nitrogen and oxygen atoms in total. The van der Waals surface area contributed by atoms with Crippen LogP contribution in [0.5, 0.6) is 11.5 Å². The van der Waals surface area contributed by atoms with Gasteiger partial charge in [-0.25, -0.2) is 0 Å². The molecule has 0 bridgehead atoms. The zero-order valence-corrected chi connectivity index (χ0v) is 20.5. The molecule has 0 saturated carbocycles. The van der Waals surface area contributed by atoms with Crippen molar-refractivity contribution in [1.82, 2.24) is 10.2 Å². The first-order valence-electron chi connectivity index (χ1n) is 12.7. The van der Waals surface area contributed by atoms with Gasteiger partial charge in [0.15, 0.2) is 0 Å². The Morgan fingerprint density at radius 2 is 1.09 bits per heavy atom. The van der Waals surface area contributed by atoms with Gasteiger partial charge in [0.2, 0.25) is 0 Å². The highest BCUT2D eigenvalue weighted by Gasteiger charge is 2.05. The first-order valence-corrected chi connectivity index (χ1v) is 12.7. The molecule has 0 fully saturated rings. The standard InChI is InChI=1S/C31H34N2O2/c1-2-3-4-5-6-10-23-34-28-17-13-26(14-18-28)30-21-22-31(33-32-30)27-15-19-29(20-16-27)35-24-25-11-8-7-9-12-25/h7-9,11-22H,2-6,10,23-24H2,1H3. The van der Waals surface area contributed by atoms with E-state index in [0.29, 0.717) is 6.61 Å². The number of hydrogen-bond donors (Lipinski definition) is 0. The summed E-state index contributed by atoms with van der Waals surface area (Å²) in [5.74, 6) is 1.74. The Bertz CT molecular complexity index is 1130. The summed E-state index contributed by atoms with van der Waals surface area (Å²) in [4.78, 5) is 0. The highest BCUT2D eigenvalue weighted by atomic mass is 16.5. The Morgan fingerprint density at radius 3 is 1.66 bits per heavy atom. The molecule has 0 radical (unpaired) electrons. The summed E-state index contributed by atoms with van der Waals surface area (Å²) in [5.41, 5.74) is 4.87. The van der Waals surface area contributed by atoms with Gasteiger partial charge in [0, 0.05) is 11.1 Å². The topological polar surface area (TPSA) is 44.2 Å². The van der Waals surface area contributed by atoms with Crippen molar-refractivity contribution in [2.75, 3.05) is 6.61 Å². The molecule has 0 N–H and O–H groups in total. The molecule has 180 valence electrons. The Balaban J connectivity index is 1.26. The monoisotopic (exact) mass is 466 g/mol. The maximum absolute atomic E-state index is 5.89. The molecule has 0 amide bonds. The largest absolute Gasteiger partial charge is 0.494 e. The van der Waals surface area contributed by atoms with E-state index in [0.717, 1.165) is 52.6 Å². The van der Waals surface area contributed by atoms with Crippen molar-refractivity contribution in [2.24, 2.45) is 0 Å². The van der Waals surface area contributed by atoms with Crippen LogP contribution in [0.2, 0.25) is 0 Å². The summed E-state index contributed by atoms with van der Waals surface area (Å²) < 4.78 is 11.8. The van der Waals surface area contributed by atoms with Crippen molar-refractivity contribution < 1.29 is 9.47 Å². The number of rotatable bonds is 13. The van der Waals surface area contributed by atoms with E-state index in [-0.39, 0.29) is 0 Å². The minimum absolute atomic E-state index is 0.553. The van der Waals surface area contributed by atoms with E-state index in [2.05, 4.69) is 29.3 Å². The van der Waals surface area contributed by atoms with Gasteiger partial charge in [-0.2, -0.15) is 0 Å². The van der Waals surface area contributed by atoms with Crippen LogP contribution in [0.1, 0.15) is 51.0 Å². The molecule has 0 aliphatic rings. The molecular formula is C31H34N2O2. The lowest BCUT2D eigenvalue weighted by molar-refractivity contribution is 0.304. The van der Waals surface area contributed by atoms with E-state index in [1.54, 1.807) is 0 Å². The third kappa shape index (κ3) is 7.68. The predicted molar refractivity (Wildman–Crippen MR) is 143 cm³/mol. The molecule has 35 heavy (non-hydrogen) atoms. The van der Waals surface area contributed by atoms with Crippen LogP contribution in [0.15, 0.2) is 91.0 Å². The lowest BCUT2D eigenvalue weighted by Gasteiger charge is -2.08. The third-order valence-electron chi connectivity index (χ3n) is 5.98. The van der Waals surface area contributed by atoms with Crippen LogP contribution in [0.4, 0.5) is 0 Å². The molecule has 0 spiro atoms. The highest BCUT2D eigenvalue weighted by Crippen LogP contribution is 2.24. The van der Waals surface area contributed by atoms with Gasteiger partial charge in [0.25, 0.3) is 0 Å². The second-order valence-corrected chi connectivity index (χ2v) is 8.74. The first kappa shape index (κ1) is 24.5. The van der Waals surface area contributed by atoms with Crippen LogP contribution in [0, 0.1) is 0 Å². The fourth-order valence-corrected chi connectivity index (χ4v) is 3.90. The maximum Gasteiger partial charge on any atom is 0.119 e. The molecule has 0 aliphatic carbocycles. The lowest BCUT2D eigenvalue weighted by atomic mass is 10.1. The highest BCUT2D eigenvalue weighted by molar-refractivity contribution is 5.64. The second-order valence-electron chi connectivity index (χ2n) is 8.74. The molecule has 0 aliphatic heterocycles. The second kappa shape index (κ2) is 13.3. The van der Waals surface area contributed by atoms with Gasteiger partial charge >= 0.3 is 0 Å². The van der Waals surface area contributed by atoms with Crippen LogP contribution in [-0.2, 0) is 6.61 Å². The summed E-state index contributed by atoms with van der Waals surface area (Å²) in [6, 6.07) is 30.2. The smallest absolute Gasteiger partial charge is 0.119 e. The van der Waals surface area contributed by atoms with Gasteiger partial charge in [0.1, 0.15) is 18.1 Å². The van der Waals surface area contributed by atoms with Gasteiger partial charge in [-0.3, -0.25) is 0 Å².